The van der Waals surface area contributed by atoms with E-state index >= 15 is 0 Å². The number of hydrogen-bond donors (Lipinski definition) is 2. The highest BCUT2D eigenvalue weighted by molar-refractivity contribution is 5.83. The molecule has 1 aliphatic heterocycles. The fraction of sp³-hybridized carbons (Fsp3) is 0.562. The summed E-state index contributed by atoms with van der Waals surface area (Å²) < 4.78 is 0. The highest BCUT2D eigenvalue weighted by atomic mass is 16.3. The van der Waals surface area contributed by atoms with E-state index in [9.17, 15) is 9.90 Å². The first-order chi connectivity index (χ1) is 9.79. The van der Waals surface area contributed by atoms with Gasteiger partial charge in [-0.25, -0.2) is 0 Å². The van der Waals surface area contributed by atoms with Crippen molar-refractivity contribution >= 4 is 5.91 Å². The first-order valence-corrected chi connectivity index (χ1v) is 7.51. The Hall–Kier alpha value is -1.39. The largest absolute Gasteiger partial charge is 0.395 e. The molecule has 1 amide bonds. The van der Waals surface area contributed by atoms with Crippen molar-refractivity contribution in [3.05, 3.63) is 35.4 Å². The Labute approximate surface area is 119 Å². The molecule has 1 aromatic carbocycles. The molecule has 1 aliphatic carbocycles. The summed E-state index contributed by atoms with van der Waals surface area (Å²) in [6.45, 7) is 1.26. The molecule has 108 valence electrons. The SMILES string of the molecule is O=C([C@H]1Cc2ccccc2CN1)N(CCO)C1CCC1. The number of aliphatic hydroxyl groups is 1. The van der Waals surface area contributed by atoms with E-state index in [0.29, 0.717) is 12.6 Å². The molecule has 1 saturated carbocycles. The second kappa shape index (κ2) is 5.94. The zero-order chi connectivity index (χ0) is 13.9. The zero-order valence-electron chi connectivity index (χ0n) is 11.7. The van der Waals surface area contributed by atoms with Gasteiger partial charge in [-0.2, -0.15) is 0 Å². The fourth-order valence-electron chi connectivity index (χ4n) is 3.11. The van der Waals surface area contributed by atoms with Crippen molar-refractivity contribution in [1.82, 2.24) is 10.2 Å². The van der Waals surface area contributed by atoms with Crippen molar-refractivity contribution in [2.75, 3.05) is 13.2 Å². The van der Waals surface area contributed by atoms with Crippen LogP contribution in [0.3, 0.4) is 0 Å². The Morgan fingerprint density at radius 2 is 2.05 bits per heavy atom. The van der Waals surface area contributed by atoms with E-state index in [2.05, 4.69) is 17.4 Å². The summed E-state index contributed by atoms with van der Waals surface area (Å²) in [6.07, 6.45) is 4.11. The van der Waals surface area contributed by atoms with Crippen molar-refractivity contribution in [3.8, 4) is 0 Å². The van der Waals surface area contributed by atoms with Gasteiger partial charge in [-0.15, -0.1) is 0 Å². The number of hydrogen-bond acceptors (Lipinski definition) is 3. The monoisotopic (exact) mass is 274 g/mol. The normalized spacial score (nSPS) is 21.9. The maximum absolute atomic E-state index is 12.7. The number of carbonyl (C=O) groups is 1. The predicted molar refractivity (Wildman–Crippen MR) is 77.2 cm³/mol. The summed E-state index contributed by atoms with van der Waals surface area (Å²) in [5.41, 5.74) is 2.55. The smallest absolute Gasteiger partial charge is 0.240 e. The van der Waals surface area contributed by atoms with Crippen LogP contribution in [0.1, 0.15) is 30.4 Å². The number of rotatable bonds is 4. The quantitative estimate of drug-likeness (QED) is 0.863. The van der Waals surface area contributed by atoms with E-state index in [1.54, 1.807) is 0 Å². The summed E-state index contributed by atoms with van der Waals surface area (Å²) in [5.74, 6) is 0.151. The van der Waals surface area contributed by atoms with E-state index < -0.39 is 0 Å². The fourth-order valence-corrected chi connectivity index (χ4v) is 3.11. The van der Waals surface area contributed by atoms with Crippen LogP contribution in [0.25, 0.3) is 0 Å². The third kappa shape index (κ3) is 2.58. The molecule has 0 saturated heterocycles. The highest BCUT2D eigenvalue weighted by Gasteiger charge is 2.33. The number of nitrogens with zero attached hydrogens (tertiary/aromatic N) is 1. The maximum Gasteiger partial charge on any atom is 0.240 e. The van der Waals surface area contributed by atoms with Crippen molar-refractivity contribution < 1.29 is 9.90 Å². The topological polar surface area (TPSA) is 52.6 Å². The standard InChI is InChI=1S/C16H22N2O2/c19-9-8-18(14-6-3-7-14)16(20)15-10-12-4-1-2-5-13(12)11-17-15/h1-2,4-5,14-15,17,19H,3,6-11H2/t15-/m1/s1. The summed E-state index contributed by atoms with van der Waals surface area (Å²) in [4.78, 5) is 14.6. The lowest BCUT2D eigenvalue weighted by Gasteiger charge is -2.40. The van der Waals surface area contributed by atoms with Gasteiger partial charge in [0.1, 0.15) is 0 Å². The number of fused-ring (bicyclic) bond motifs is 1. The summed E-state index contributed by atoms with van der Waals surface area (Å²) in [5, 5.41) is 12.5. The average Bonchev–Trinajstić information content (AvgIpc) is 2.43. The zero-order valence-corrected chi connectivity index (χ0v) is 11.7. The van der Waals surface area contributed by atoms with Crippen molar-refractivity contribution in [2.24, 2.45) is 0 Å². The molecule has 1 fully saturated rings. The third-order valence-electron chi connectivity index (χ3n) is 4.52. The highest BCUT2D eigenvalue weighted by Crippen LogP contribution is 2.26. The molecule has 2 N–H and O–H groups in total. The number of benzene rings is 1. The minimum atomic E-state index is -0.142. The van der Waals surface area contributed by atoms with Crippen LogP contribution in [0.4, 0.5) is 0 Å². The van der Waals surface area contributed by atoms with Crippen LogP contribution in [-0.4, -0.2) is 41.1 Å². The lowest BCUT2D eigenvalue weighted by atomic mass is 9.89. The van der Waals surface area contributed by atoms with Crippen LogP contribution in [0.5, 0.6) is 0 Å². The molecule has 0 radical (unpaired) electrons. The molecule has 1 atom stereocenters. The molecule has 3 rings (SSSR count). The van der Waals surface area contributed by atoms with Gasteiger partial charge in [0.05, 0.1) is 12.6 Å². The molecule has 1 aromatic rings. The van der Waals surface area contributed by atoms with Gasteiger partial charge < -0.3 is 15.3 Å². The molecule has 0 aromatic heterocycles. The van der Waals surface area contributed by atoms with Crippen molar-refractivity contribution in [3.63, 3.8) is 0 Å². The second-order valence-electron chi connectivity index (χ2n) is 5.75. The van der Waals surface area contributed by atoms with E-state index in [1.165, 1.54) is 17.5 Å². The van der Waals surface area contributed by atoms with Crippen LogP contribution in [0.15, 0.2) is 24.3 Å². The van der Waals surface area contributed by atoms with Crippen LogP contribution >= 0.6 is 0 Å². The minimum absolute atomic E-state index is 0.0472. The Bertz CT molecular complexity index is 485. The molecule has 0 unspecified atom stereocenters. The molecular formula is C16H22N2O2. The molecule has 4 nitrogen and oxygen atoms in total. The predicted octanol–water partition coefficient (Wildman–Crippen LogP) is 1.07. The lowest BCUT2D eigenvalue weighted by molar-refractivity contribution is -0.138. The number of carbonyl (C=O) groups excluding carboxylic acids is 1. The first kappa shape index (κ1) is 13.6. The van der Waals surface area contributed by atoms with Gasteiger partial charge in [0.25, 0.3) is 0 Å². The molecule has 4 heteroatoms. The lowest BCUT2D eigenvalue weighted by Crippen LogP contribution is -2.54. The molecule has 2 aliphatic rings. The maximum atomic E-state index is 12.7. The van der Waals surface area contributed by atoms with Crippen LogP contribution < -0.4 is 5.32 Å². The molecular weight excluding hydrogens is 252 g/mol. The van der Waals surface area contributed by atoms with Gasteiger partial charge in [0.15, 0.2) is 0 Å². The van der Waals surface area contributed by atoms with Gasteiger partial charge in [-0.3, -0.25) is 4.79 Å². The Morgan fingerprint density at radius 3 is 2.70 bits per heavy atom. The van der Waals surface area contributed by atoms with Crippen molar-refractivity contribution in [2.45, 2.75) is 44.3 Å². The molecule has 20 heavy (non-hydrogen) atoms. The average molecular weight is 274 g/mol. The Morgan fingerprint density at radius 1 is 1.30 bits per heavy atom. The van der Waals surface area contributed by atoms with Gasteiger partial charge in [-0.05, 0) is 36.8 Å². The first-order valence-electron chi connectivity index (χ1n) is 7.51. The van der Waals surface area contributed by atoms with Crippen LogP contribution in [0.2, 0.25) is 0 Å². The van der Waals surface area contributed by atoms with Gasteiger partial charge in [0, 0.05) is 19.1 Å². The molecule has 0 bridgehead atoms. The third-order valence-corrected chi connectivity index (χ3v) is 4.52. The minimum Gasteiger partial charge on any atom is -0.395 e. The van der Waals surface area contributed by atoms with Gasteiger partial charge in [0.2, 0.25) is 5.91 Å². The Balaban J connectivity index is 1.70. The summed E-state index contributed by atoms with van der Waals surface area (Å²) >= 11 is 0. The Kier molecular flexibility index (Phi) is 4.03. The summed E-state index contributed by atoms with van der Waals surface area (Å²) in [7, 11) is 0. The van der Waals surface area contributed by atoms with E-state index in [-0.39, 0.29) is 18.6 Å². The number of amides is 1. The number of aliphatic hydroxyl groups excluding tert-OH is 1. The van der Waals surface area contributed by atoms with Crippen LogP contribution in [0, 0.1) is 0 Å². The molecule has 1 heterocycles. The summed E-state index contributed by atoms with van der Waals surface area (Å²) in [6, 6.07) is 8.49. The van der Waals surface area contributed by atoms with Gasteiger partial charge in [-0.1, -0.05) is 24.3 Å². The van der Waals surface area contributed by atoms with Gasteiger partial charge >= 0.3 is 0 Å². The van der Waals surface area contributed by atoms with E-state index in [1.807, 2.05) is 17.0 Å². The second-order valence-corrected chi connectivity index (χ2v) is 5.75. The van der Waals surface area contributed by atoms with E-state index in [0.717, 1.165) is 25.8 Å². The van der Waals surface area contributed by atoms with E-state index in [4.69, 9.17) is 0 Å². The van der Waals surface area contributed by atoms with Crippen molar-refractivity contribution in [1.29, 1.82) is 0 Å². The number of nitrogens with one attached hydrogen (secondary N) is 1. The van der Waals surface area contributed by atoms with Crippen LogP contribution in [-0.2, 0) is 17.8 Å². The molecule has 0 spiro atoms.